The fourth-order valence-corrected chi connectivity index (χ4v) is 3.92. The first-order valence-electron chi connectivity index (χ1n) is 9.80. The second kappa shape index (κ2) is 7.60. The van der Waals surface area contributed by atoms with Crippen molar-refractivity contribution in [2.75, 3.05) is 13.1 Å². The van der Waals surface area contributed by atoms with Crippen LogP contribution in [0.2, 0.25) is 0 Å². The predicted octanol–water partition coefficient (Wildman–Crippen LogP) is 3.66. The van der Waals surface area contributed by atoms with Crippen molar-refractivity contribution >= 4 is 5.91 Å². The smallest absolute Gasteiger partial charge is 0.257 e. The van der Waals surface area contributed by atoms with E-state index in [9.17, 15) is 4.79 Å². The Kier molecular flexibility index (Phi) is 5.01. The summed E-state index contributed by atoms with van der Waals surface area (Å²) in [4.78, 5) is 15.4. The van der Waals surface area contributed by atoms with Crippen LogP contribution in [0.5, 0.6) is 0 Å². The molecule has 4 rings (SSSR count). The molecule has 1 saturated heterocycles. The van der Waals surface area contributed by atoms with Crippen molar-refractivity contribution in [3.8, 4) is 16.9 Å². The van der Waals surface area contributed by atoms with E-state index < -0.39 is 0 Å². The molecule has 5 heteroatoms. The standard InChI is InChI=1S/C23H26N4O/c1-16-8-10-20(11-9-16)27-15-21(22(25-27)19-6-4-3-5-7-19)23(28)26-14-18(13-24)12-17(26)2/h3-11,15,17-18H,12-14,24H2,1-2H3. The molecule has 2 N–H and O–H groups in total. The summed E-state index contributed by atoms with van der Waals surface area (Å²) in [6.07, 6.45) is 2.81. The number of hydrogen-bond acceptors (Lipinski definition) is 3. The third-order valence-corrected chi connectivity index (χ3v) is 5.55. The van der Waals surface area contributed by atoms with Gasteiger partial charge in [0, 0.05) is 24.3 Å². The molecule has 5 nitrogen and oxygen atoms in total. The molecule has 2 aromatic carbocycles. The number of amides is 1. The van der Waals surface area contributed by atoms with Crippen LogP contribution in [0.15, 0.2) is 60.8 Å². The molecule has 2 heterocycles. The molecule has 2 unspecified atom stereocenters. The summed E-state index contributed by atoms with van der Waals surface area (Å²) in [6.45, 7) is 5.47. The van der Waals surface area contributed by atoms with Crippen LogP contribution in [-0.4, -0.2) is 39.7 Å². The summed E-state index contributed by atoms with van der Waals surface area (Å²) in [5.74, 6) is 0.395. The van der Waals surface area contributed by atoms with Gasteiger partial charge in [-0.15, -0.1) is 0 Å². The van der Waals surface area contributed by atoms with Gasteiger partial charge in [0.2, 0.25) is 0 Å². The van der Waals surface area contributed by atoms with Crippen molar-refractivity contribution in [1.82, 2.24) is 14.7 Å². The minimum Gasteiger partial charge on any atom is -0.335 e. The Labute approximate surface area is 165 Å². The van der Waals surface area contributed by atoms with E-state index in [1.165, 1.54) is 5.56 Å². The SMILES string of the molecule is Cc1ccc(-n2cc(C(=O)N3CC(CN)CC3C)c(-c3ccccc3)n2)cc1. The topological polar surface area (TPSA) is 64.2 Å². The molecular weight excluding hydrogens is 348 g/mol. The van der Waals surface area contributed by atoms with Crippen molar-refractivity contribution in [1.29, 1.82) is 0 Å². The third-order valence-electron chi connectivity index (χ3n) is 5.55. The van der Waals surface area contributed by atoms with E-state index in [4.69, 9.17) is 10.8 Å². The van der Waals surface area contributed by atoms with E-state index in [1.54, 1.807) is 4.68 Å². The van der Waals surface area contributed by atoms with Gasteiger partial charge in [0.25, 0.3) is 5.91 Å². The molecule has 0 radical (unpaired) electrons. The van der Waals surface area contributed by atoms with Crippen LogP contribution in [-0.2, 0) is 0 Å². The molecule has 0 spiro atoms. The number of rotatable bonds is 4. The summed E-state index contributed by atoms with van der Waals surface area (Å²) in [5.41, 5.74) is 10.3. The van der Waals surface area contributed by atoms with Gasteiger partial charge >= 0.3 is 0 Å². The highest BCUT2D eigenvalue weighted by Gasteiger charge is 2.34. The fourth-order valence-electron chi connectivity index (χ4n) is 3.92. The molecule has 0 bridgehead atoms. The zero-order chi connectivity index (χ0) is 19.7. The Balaban J connectivity index is 1.76. The highest BCUT2D eigenvalue weighted by atomic mass is 16.2. The van der Waals surface area contributed by atoms with Crippen molar-refractivity contribution in [3.63, 3.8) is 0 Å². The maximum absolute atomic E-state index is 13.4. The molecule has 3 aromatic rings. The number of aryl methyl sites for hydroxylation is 1. The van der Waals surface area contributed by atoms with Crippen LogP contribution in [0.3, 0.4) is 0 Å². The number of carbonyl (C=O) groups excluding carboxylic acids is 1. The molecule has 0 aliphatic carbocycles. The lowest BCUT2D eigenvalue weighted by molar-refractivity contribution is 0.0744. The van der Waals surface area contributed by atoms with E-state index in [0.29, 0.717) is 24.6 Å². The Morgan fingerprint density at radius 3 is 2.50 bits per heavy atom. The minimum atomic E-state index is 0.0284. The zero-order valence-electron chi connectivity index (χ0n) is 16.4. The number of aromatic nitrogens is 2. The second-order valence-electron chi connectivity index (χ2n) is 7.68. The lowest BCUT2D eigenvalue weighted by Gasteiger charge is -2.21. The number of benzene rings is 2. The molecule has 1 amide bonds. The van der Waals surface area contributed by atoms with Crippen LogP contribution in [0, 0.1) is 12.8 Å². The number of nitrogens with two attached hydrogens (primary N) is 1. The molecule has 144 valence electrons. The third kappa shape index (κ3) is 3.45. The van der Waals surface area contributed by atoms with Gasteiger partial charge in [0.15, 0.2) is 0 Å². The first-order chi connectivity index (χ1) is 13.6. The quantitative estimate of drug-likeness (QED) is 0.758. The van der Waals surface area contributed by atoms with Crippen molar-refractivity contribution < 1.29 is 4.79 Å². The van der Waals surface area contributed by atoms with Crippen LogP contribution in [0.4, 0.5) is 0 Å². The largest absolute Gasteiger partial charge is 0.335 e. The van der Waals surface area contributed by atoms with Gasteiger partial charge in [0.1, 0.15) is 5.69 Å². The molecule has 2 atom stereocenters. The second-order valence-corrected chi connectivity index (χ2v) is 7.68. The predicted molar refractivity (Wildman–Crippen MR) is 111 cm³/mol. The van der Waals surface area contributed by atoms with Crippen molar-refractivity contribution in [3.05, 3.63) is 71.9 Å². The molecule has 0 saturated carbocycles. The Morgan fingerprint density at radius 1 is 1.14 bits per heavy atom. The fraction of sp³-hybridized carbons (Fsp3) is 0.304. The van der Waals surface area contributed by atoms with Gasteiger partial charge in [0.05, 0.1) is 11.3 Å². The molecule has 1 aliphatic heterocycles. The van der Waals surface area contributed by atoms with Crippen molar-refractivity contribution in [2.24, 2.45) is 11.7 Å². The molecule has 1 aliphatic rings. The number of nitrogens with zero attached hydrogens (tertiary/aromatic N) is 3. The van der Waals surface area contributed by atoms with E-state index in [-0.39, 0.29) is 11.9 Å². The molecule has 1 fully saturated rings. The summed E-state index contributed by atoms with van der Waals surface area (Å²) >= 11 is 0. The Hall–Kier alpha value is -2.92. The molecular formula is C23H26N4O. The highest BCUT2D eigenvalue weighted by Crippen LogP contribution is 2.29. The summed E-state index contributed by atoms with van der Waals surface area (Å²) in [5, 5.41) is 4.78. The van der Waals surface area contributed by atoms with Gasteiger partial charge in [-0.3, -0.25) is 4.79 Å². The summed E-state index contributed by atoms with van der Waals surface area (Å²) < 4.78 is 1.80. The van der Waals surface area contributed by atoms with E-state index in [1.807, 2.05) is 53.6 Å². The Bertz CT molecular complexity index is 962. The highest BCUT2D eigenvalue weighted by molar-refractivity contribution is 6.00. The number of hydrogen-bond donors (Lipinski definition) is 1. The monoisotopic (exact) mass is 374 g/mol. The van der Waals surface area contributed by atoms with Gasteiger partial charge in [-0.25, -0.2) is 4.68 Å². The van der Waals surface area contributed by atoms with E-state index in [2.05, 4.69) is 26.0 Å². The lowest BCUT2D eigenvalue weighted by atomic mass is 10.1. The van der Waals surface area contributed by atoms with Gasteiger partial charge in [-0.1, -0.05) is 48.0 Å². The normalized spacial score (nSPS) is 19.2. The first kappa shape index (κ1) is 18.4. The Morgan fingerprint density at radius 2 is 1.86 bits per heavy atom. The van der Waals surface area contributed by atoms with Gasteiger partial charge in [-0.05, 0) is 44.9 Å². The van der Waals surface area contributed by atoms with Crippen LogP contribution < -0.4 is 5.73 Å². The summed E-state index contributed by atoms with van der Waals surface area (Å²) in [7, 11) is 0. The van der Waals surface area contributed by atoms with E-state index >= 15 is 0 Å². The molecule has 28 heavy (non-hydrogen) atoms. The lowest BCUT2D eigenvalue weighted by Crippen LogP contribution is -2.34. The average Bonchev–Trinajstić information content (AvgIpc) is 3.33. The first-order valence-corrected chi connectivity index (χ1v) is 9.80. The summed E-state index contributed by atoms with van der Waals surface area (Å²) in [6, 6.07) is 18.2. The maximum atomic E-state index is 13.4. The van der Waals surface area contributed by atoms with Crippen LogP contribution in [0.25, 0.3) is 16.9 Å². The zero-order valence-corrected chi connectivity index (χ0v) is 16.4. The average molecular weight is 374 g/mol. The van der Waals surface area contributed by atoms with Crippen LogP contribution >= 0.6 is 0 Å². The number of likely N-dealkylation sites (tertiary alicyclic amines) is 1. The van der Waals surface area contributed by atoms with Crippen molar-refractivity contribution in [2.45, 2.75) is 26.3 Å². The maximum Gasteiger partial charge on any atom is 0.257 e. The number of carbonyl (C=O) groups is 1. The van der Waals surface area contributed by atoms with Crippen LogP contribution in [0.1, 0.15) is 29.3 Å². The van der Waals surface area contributed by atoms with E-state index in [0.717, 1.165) is 23.4 Å². The molecule has 1 aromatic heterocycles. The minimum absolute atomic E-state index is 0.0284. The van der Waals surface area contributed by atoms with Gasteiger partial charge in [-0.2, -0.15) is 5.10 Å². The van der Waals surface area contributed by atoms with Gasteiger partial charge < -0.3 is 10.6 Å².